The molecular formula is C24H28N6. The Morgan fingerprint density at radius 2 is 2.07 bits per heavy atom. The van der Waals surface area contributed by atoms with Crippen molar-refractivity contribution in [2.45, 2.75) is 26.3 Å². The van der Waals surface area contributed by atoms with Gasteiger partial charge in [0.05, 0.1) is 11.7 Å². The van der Waals surface area contributed by atoms with E-state index in [9.17, 15) is 0 Å². The third-order valence-electron chi connectivity index (χ3n) is 5.41. The standard InChI is InChI=1S/C24H28N6/c1-17-7-4-10-22-20(16-27-23(17)22)11-13-26-24(25-3)29-18(2)19-8-5-9-21(15-19)30-14-6-12-28-30/h4-10,12,14-16,18,27H,11,13H2,1-3H3,(H2,25,26,29). The molecule has 4 aromatic rings. The monoisotopic (exact) mass is 400 g/mol. The Balaban J connectivity index is 1.37. The molecule has 6 heteroatoms. The first kappa shape index (κ1) is 19.8. The van der Waals surface area contributed by atoms with Gasteiger partial charge in [0.25, 0.3) is 0 Å². The summed E-state index contributed by atoms with van der Waals surface area (Å²) in [6.45, 7) is 5.08. The van der Waals surface area contributed by atoms with Crippen LogP contribution in [0, 0.1) is 6.92 Å². The second-order valence-electron chi connectivity index (χ2n) is 7.47. The van der Waals surface area contributed by atoms with E-state index in [1.54, 1.807) is 13.2 Å². The molecule has 3 N–H and O–H groups in total. The number of benzene rings is 2. The minimum Gasteiger partial charge on any atom is -0.361 e. The molecule has 0 saturated heterocycles. The fourth-order valence-corrected chi connectivity index (χ4v) is 3.73. The Labute approximate surface area is 177 Å². The molecule has 4 rings (SSSR count). The van der Waals surface area contributed by atoms with Crippen LogP contribution in [0.1, 0.15) is 29.7 Å². The van der Waals surface area contributed by atoms with E-state index in [1.807, 2.05) is 16.9 Å². The molecule has 0 saturated carbocycles. The molecular weight excluding hydrogens is 372 g/mol. The van der Waals surface area contributed by atoms with E-state index in [0.29, 0.717) is 0 Å². The van der Waals surface area contributed by atoms with Gasteiger partial charge in [-0.2, -0.15) is 5.10 Å². The molecule has 1 unspecified atom stereocenters. The van der Waals surface area contributed by atoms with E-state index in [1.165, 1.54) is 27.6 Å². The first-order valence-electron chi connectivity index (χ1n) is 10.3. The van der Waals surface area contributed by atoms with Crippen molar-refractivity contribution in [3.63, 3.8) is 0 Å². The van der Waals surface area contributed by atoms with Gasteiger partial charge in [-0.15, -0.1) is 0 Å². The number of hydrogen-bond acceptors (Lipinski definition) is 2. The average Bonchev–Trinajstić information content (AvgIpc) is 3.44. The molecule has 1 atom stereocenters. The summed E-state index contributed by atoms with van der Waals surface area (Å²) in [5.74, 6) is 0.794. The number of rotatable bonds is 6. The highest BCUT2D eigenvalue weighted by molar-refractivity contribution is 5.86. The minimum atomic E-state index is 0.113. The first-order valence-corrected chi connectivity index (χ1v) is 10.3. The molecule has 0 aliphatic carbocycles. The Kier molecular flexibility index (Phi) is 5.84. The molecule has 0 amide bonds. The first-order chi connectivity index (χ1) is 14.7. The summed E-state index contributed by atoms with van der Waals surface area (Å²) in [4.78, 5) is 7.79. The zero-order chi connectivity index (χ0) is 20.9. The maximum Gasteiger partial charge on any atom is 0.191 e. The predicted molar refractivity (Wildman–Crippen MR) is 123 cm³/mol. The summed E-state index contributed by atoms with van der Waals surface area (Å²) in [5.41, 5.74) is 6.04. The molecule has 0 aliphatic rings. The zero-order valence-corrected chi connectivity index (χ0v) is 17.7. The number of hydrogen-bond donors (Lipinski definition) is 3. The van der Waals surface area contributed by atoms with Gasteiger partial charge in [-0.25, -0.2) is 4.68 Å². The van der Waals surface area contributed by atoms with Crippen LogP contribution in [0.2, 0.25) is 0 Å². The van der Waals surface area contributed by atoms with Gasteiger partial charge in [0.1, 0.15) is 0 Å². The van der Waals surface area contributed by atoms with Crippen molar-refractivity contribution in [2.75, 3.05) is 13.6 Å². The number of nitrogens with one attached hydrogen (secondary N) is 3. The van der Waals surface area contributed by atoms with Crippen LogP contribution in [-0.2, 0) is 6.42 Å². The van der Waals surface area contributed by atoms with Gasteiger partial charge in [0.15, 0.2) is 5.96 Å². The topological polar surface area (TPSA) is 70.0 Å². The highest BCUT2D eigenvalue weighted by Gasteiger charge is 2.10. The van der Waals surface area contributed by atoms with Crippen molar-refractivity contribution in [1.82, 2.24) is 25.4 Å². The van der Waals surface area contributed by atoms with E-state index in [4.69, 9.17) is 0 Å². The molecule has 0 bridgehead atoms. The average molecular weight is 401 g/mol. The maximum atomic E-state index is 4.39. The van der Waals surface area contributed by atoms with Crippen LogP contribution >= 0.6 is 0 Å². The minimum absolute atomic E-state index is 0.113. The van der Waals surface area contributed by atoms with Crippen molar-refractivity contribution in [3.05, 3.63) is 83.8 Å². The fraction of sp³-hybridized carbons (Fsp3) is 0.250. The Hall–Kier alpha value is -3.54. The van der Waals surface area contributed by atoms with Crippen LogP contribution in [-0.4, -0.2) is 34.3 Å². The van der Waals surface area contributed by atoms with Crippen LogP contribution in [0.4, 0.5) is 0 Å². The smallest absolute Gasteiger partial charge is 0.191 e. The Morgan fingerprint density at radius 1 is 1.20 bits per heavy atom. The second-order valence-corrected chi connectivity index (χ2v) is 7.47. The molecule has 0 aliphatic heterocycles. The lowest BCUT2D eigenvalue weighted by Gasteiger charge is -2.19. The van der Waals surface area contributed by atoms with Gasteiger partial charge >= 0.3 is 0 Å². The number of aliphatic imine (C=N–C) groups is 1. The third kappa shape index (κ3) is 4.22. The van der Waals surface area contributed by atoms with Gasteiger partial charge in [-0.3, -0.25) is 4.99 Å². The number of aryl methyl sites for hydroxylation is 1. The molecule has 0 spiro atoms. The van der Waals surface area contributed by atoms with Crippen molar-refractivity contribution in [1.29, 1.82) is 0 Å². The number of aromatic nitrogens is 3. The molecule has 30 heavy (non-hydrogen) atoms. The summed E-state index contributed by atoms with van der Waals surface area (Å²) in [5, 5.41) is 12.5. The largest absolute Gasteiger partial charge is 0.361 e. The van der Waals surface area contributed by atoms with Crippen molar-refractivity contribution < 1.29 is 0 Å². The molecule has 2 aromatic carbocycles. The normalized spacial score (nSPS) is 12.8. The van der Waals surface area contributed by atoms with E-state index in [2.05, 4.69) is 88.2 Å². The molecule has 2 aromatic heterocycles. The fourth-order valence-electron chi connectivity index (χ4n) is 3.73. The van der Waals surface area contributed by atoms with Crippen LogP contribution in [0.5, 0.6) is 0 Å². The van der Waals surface area contributed by atoms with Crippen molar-refractivity contribution in [3.8, 4) is 5.69 Å². The van der Waals surface area contributed by atoms with Gasteiger partial charge in [0, 0.05) is 43.1 Å². The molecule has 154 valence electrons. The van der Waals surface area contributed by atoms with E-state index in [0.717, 1.165) is 24.6 Å². The lowest BCUT2D eigenvalue weighted by molar-refractivity contribution is 0.683. The van der Waals surface area contributed by atoms with E-state index in [-0.39, 0.29) is 6.04 Å². The van der Waals surface area contributed by atoms with Gasteiger partial charge in [-0.05, 0) is 55.2 Å². The van der Waals surface area contributed by atoms with Crippen LogP contribution in [0.15, 0.2) is 72.1 Å². The van der Waals surface area contributed by atoms with Gasteiger partial charge < -0.3 is 15.6 Å². The summed E-state index contributed by atoms with van der Waals surface area (Å²) in [6.07, 6.45) is 6.77. The summed E-state index contributed by atoms with van der Waals surface area (Å²) in [6, 6.07) is 16.8. The second kappa shape index (κ2) is 8.86. The molecule has 6 nitrogen and oxygen atoms in total. The lowest BCUT2D eigenvalue weighted by atomic mass is 10.1. The number of guanidine groups is 1. The summed E-state index contributed by atoms with van der Waals surface area (Å²) >= 11 is 0. The number of aromatic amines is 1. The third-order valence-corrected chi connectivity index (χ3v) is 5.41. The molecule has 0 radical (unpaired) electrons. The summed E-state index contributed by atoms with van der Waals surface area (Å²) < 4.78 is 1.87. The highest BCUT2D eigenvalue weighted by atomic mass is 15.3. The van der Waals surface area contributed by atoms with E-state index < -0.39 is 0 Å². The number of para-hydroxylation sites is 1. The van der Waals surface area contributed by atoms with Crippen LogP contribution in [0.3, 0.4) is 0 Å². The number of nitrogens with zero attached hydrogens (tertiary/aromatic N) is 3. The van der Waals surface area contributed by atoms with E-state index >= 15 is 0 Å². The molecule has 2 heterocycles. The Morgan fingerprint density at radius 3 is 2.87 bits per heavy atom. The summed E-state index contributed by atoms with van der Waals surface area (Å²) in [7, 11) is 1.80. The SMILES string of the molecule is CN=C(NCCc1c[nH]c2c(C)cccc12)NC(C)c1cccc(-n2cccn2)c1. The Bertz CT molecular complexity index is 1140. The quantitative estimate of drug-likeness (QED) is 0.337. The maximum absolute atomic E-state index is 4.39. The van der Waals surface area contributed by atoms with Crippen LogP contribution in [0.25, 0.3) is 16.6 Å². The van der Waals surface area contributed by atoms with Gasteiger partial charge in [-0.1, -0.05) is 30.3 Å². The van der Waals surface area contributed by atoms with Crippen molar-refractivity contribution >= 4 is 16.9 Å². The van der Waals surface area contributed by atoms with Crippen molar-refractivity contribution in [2.24, 2.45) is 4.99 Å². The molecule has 0 fully saturated rings. The van der Waals surface area contributed by atoms with Gasteiger partial charge in [0.2, 0.25) is 0 Å². The number of fused-ring (bicyclic) bond motifs is 1. The lowest BCUT2D eigenvalue weighted by Crippen LogP contribution is -2.39. The number of H-pyrrole nitrogens is 1. The zero-order valence-electron chi connectivity index (χ0n) is 17.7. The predicted octanol–water partition coefficient (Wildman–Crippen LogP) is 4.13. The highest BCUT2D eigenvalue weighted by Crippen LogP contribution is 2.21. The van der Waals surface area contributed by atoms with Crippen LogP contribution < -0.4 is 10.6 Å².